The predicted molar refractivity (Wildman–Crippen MR) is 88.7 cm³/mol. The summed E-state index contributed by atoms with van der Waals surface area (Å²) in [7, 11) is 1.70. The standard InChI is InChI=1S/C18H24N2O/c1-4-14(5-2)13-19-10-8-15-9-11-20-18-7-6-16(21-3)12-17(15)18/h6-7,9,11-13,19H,4-5,8,10H2,1-3H3. The minimum absolute atomic E-state index is 0.879. The van der Waals surface area contributed by atoms with Gasteiger partial charge in [-0.1, -0.05) is 19.4 Å². The second-order valence-corrected chi connectivity index (χ2v) is 5.07. The van der Waals surface area contributed by atoms with Gasteiger partial charge >= 0.3 is 0 Å². The van der Waals surface area contributed by atoms with Crippen LogP contribution < -0.4 is 10.1 Å². The van der Waals surface area contributed by atoms with Gasteiger partial charge in [-0.3, -0.25) is 4.98 Å². The lowest BCUT2D eigenvalue weighted by Gasteiger charge is -2.09. The molecule has 0 saturated carbocycles. The number of fused-ring (bicyclic) bond motifs is 1. The molecule has 0 saturated heterocycles. The first-order chi connectivity index (χ1) is 10.3. The van der Waals surface area contributed by atoms with Crippen LogP contribution in [0.15, 0.2) is 42.2 Å². The van der Waals surface area contributed by atoms with Crippen LogP contribution in [0.5, 0.6) is 5.75 Å². The molecule has 1 aromatic heterocycles. The molecule has 0 radical (unpaired) electrons. The van der Waals surface area contributed by atoms with E-state index < -0.39 is 0 Å². The van der Waals surface area contributed by atoms with E-state index in [1.165, 1.54) is 16.5 Å². The normalized spacial score (nSPS) is 10.4. The van der Waals surface area contributed by atoms with Crippen molar-refractivity contribution in [1.29, 1.82) is 0 Å². The summed E-state index contributed by atoms with van der Waals surface area (Å²) in [6, 6.07) is 8.12. The molecule has 3 heteroatoms. The van der Waals surface area contributed by atoms with Crippen LogP contribution in [0.1, 0.15) is 32.3 Å². The zero-order valence-corrected chi connectivity index (χ0v) is 13.1. The van der Waals surface area contributed by atoms with E-state index in [2.05, 4.69) is 42.5 Å². The van der Waals surface area contributed by atoms with Crippen molar-refractivity contribution in [3.05, 3.63) is 47.8 Å². The fraction of sp³-hybridized carbons (Fsp3) is 0.389. The van der Waals surface area contributed by atoms with E-state index in [4.69, 9.17) is 4.74 Å². The fourth-order valence-electron chi connectivity index (χ4n) is 2.40. The van der Waals surface area contributed by atoms with Gasteiger partial charge in [0.1, 0.15) is 5.75 Å². The van der Waals surface area contributed by atoms with Crippen LogP contribution in [0.2, 0.25) is 0 Å². The molecular formula is C18H24N2O. The van der Waals surface area contributed by atoms with Gasteiger partial charge in [0.2, 0.25) is 0 Å². The minimum atomic E-state index is 0.879. The Bertz CT molecular complexity index is 614. The SMILES string of the molecule is CCC(=CNCCc1ccnc2ccc(OC)cc12)CC. The number of methoxy groups -OCH3 is 1. The molecule has 0 amide bonds. The minimum Gasteiger partial charge on any atom is -0.497 e. The number of hydrogen-bond donors (Lipinski definition) is 1. The van der Waals surface area contributed by atoms with Gasteiger partial charge < -0.3 is 10.1 Å². The Balaban J connectivity index is 2.09. The number of pyridine rings is 1. The third-order valence-electron chi connectivity index (χ3n) is 3.79. The molecule has 0 atom stereocenters. The maximum atomic E-state index is 5.31. The van der Waals surface area contributed by atoms with E-state index in [-0.39, 0.29) is 0 Å². The second-order valence-electron chi connectivity index (χ2n) is 5.07. The number of aromatic nitrogens is 1. The van der Waals surface area contributed by atoms with Crippen LogP contribution in [-0.2, 0) is 6.42 Å². The third-order valence-corrected chi connectivity index (χ3v) is 3.79. The molecule has 0 bridgehead atoms. The van der Waals surface area contributed by atoms with E-state index in [9.17, 15) is 0 Å². The smallest absolute Gasteiger partial charge is 0.119 e. The van der Waals surface area contributed by atoms with Gasteiger partial charge in [-0.25, -0.2) is 0 Å². The van der Waals surface area contributed by atoms with Crippen molar-refractivity contribution in [3.63, 3.8) is 0 Å². The first-order valence-corrected chi connectivity index (χ1v) is 7.61. The maximum absolute atomic E-state index is 5.31. The molecule has 0 spiro atoms. The van der Waals surface area contributed by atoms with Crippen molar-refractivity contribution in [2.45, 2.75) is 33.1 Å². The lowest BCUT2D eigenvalue weighted by molar-refractivity contribution is 0.415. The van der Waals surface area contributed by atoms with Gasteiger partial charge in [-0.15, -0.1) is 0 Å². The van der Waals surface area contributed by atoms with Crippen LogP contribution in [0.4, 0.5) is 0 Å². The topological polar surface area (TPSA) is 34.2 Å². The van der Waals surface area contributed by atoms with Crippen LogP contribution in [0.25, 0.3) is 10.9 Å². The molecule has 1 heterocycles. The second kappa shape index (κ2) is 7.67. The highest BCUT2D eigenvalue weighted by Crippen LogP contribution is 2.22. The maximum Gasteiger partial charge on any atom is 0.119 e. The third kappa shape index (κ3) is 3.97. The Kier molecular flexibility index (Phi) is 5.61. The molecule has 0 unspecified atom stereocenters. The molecule has 112 valence electrons. The van der Waals surface area contributed by atoms with Crippen LogP contribution >= 0.6 is 0 Å². The molecule has 21 heavy (non-hydrogen) atoms. The summed E-state index contributed by atoms with van der Waals surface area (Å²) in [6.07, 6.45) is 7.23. The summed E-state index contributed by atoms with van der Waals surface area (Å²) >= 11 is 0. The van der Waals surface area contributed by atoms with Crippen LogP contribution in [0, 0.1) is 0 Å². The average molecular weight is 284 g/mol. The van der Waals surface area contributed by atoms with Crippen molar-refractivity contribution in [2.24, 2.45) is 0 Å². The Hall–Kier alpha value is -2.03. The molecule has 0 aliphatic rings. The number of allylic oxidation sites excluding steroid dienone is 1. The Morgan fingerprint density at radius 1 is 1.24 bits per heavy atom. The molecule has 1 aromatic carbocycles. The van der Waals surface area contributed by atoms with Gasteiger partial charge in [0, 0.05) is 18.1 Å². The molecule has 1 N–H and O–H groups in total. The number of benzene rings is 1. The Morgan fingerprint density at radius 2 is 2.05 bits per heavy atom. The molecule has 0 aliphatic heterocycles. The largest absolute Gasteiger partial charge is 0.497 e. The van der Waals surface area contributed by atoms with Gasteiger partial charge in [-0.2, -0.15) is 0 Å². The summed E-state index contributed by atoms with van der Waals surface area (Å²) in [6.45, 7) is 5.32. The van der Waals surface area contributed by atoms with Crippen molar-refractivity contribution in [2.75, 3.05) is 13.7 Å². The molecular weight excluding hydrogens is 260 g/mol. The molecule has 3 nitrogen and oxygen atoms in total. The van der Waals surface area contributed by atoms with Crippen molar-refractivity contribution < 1.29 is 4.74 Å². The number of ether oxygens (including phenoxy) is 1. The zero-order chi connectivity index (χ0) is 15.1. The highest BCUT2D eigenvalue weighted by atomic mass is 16.5. The quantitative estimate of drug-likeness (QED) is 0.778. The number of nitrogens with zero attached hydrogens (tertiary/aromatic N) is 1. The number of nitrogens with one attached hydrogen (secondary N) is 1. The Morgan fingerprint density at radius 3 is 2.76 bits per heavy atom. The summed E-state index contributed by atoms with van der Waals surface area (Å²) in [4.78, 5) is 4.41. The monoisotopic (exact) mass is 284 g/mol. The fourth-order valence-corrected chi connectivity index (χ4v) is 2.40. The molecule has 2 aromatic rings. The van der Waals surface area contributed by atoms with Gasteiger partial charge in [0.05, 0.1) is 12.6 Å². The number of hydrogen-bond acceptors (Lipinski definition) is 3. The summed E-state index contributed by atoms with van der Waals surface area (Å²) in [5.41, 5.74) is 3.78. The lowest BCUT2D eigenvalue weighted by atomic mass is 10.1. The number of rotatable bonds is 7. The van der Waals surface area contributed by atoms with E-state index in [1.54, 1.807) is 7.11 Å². The highest BCUT2D eigenvalue weighted by molar-refractivity contribution is 5.83. The van der Waals surface area contributed by atoms with E-state index in [1.807, 2.05) is 18.3 Å². The van der Waals surface area contributed by atoms with Crippen molar-refractivity contribution in [3.8, 4) is 5.75 Å². The van der Waals surface area contributed by atoms with E-state index in [0.717, 1.165) is 37.1 Å². The summed E-state index contributed by atoms with van der Waals surface area (Å²) in [5.74, 6) is 0.879. The highest BCUT2D eigenvalue weighted by Gasteiger charge is 2.03. The average Bonchev–Trinajstić information content (AvgIpc) is 2.54. The van der Waals surface area contributed by atoms with Gasteiger partial charge in [0.25, 0.3) is 0 Å². The van der Waals surface area contributed by atoms with E-state index >= 15 is 0 Å². The molecule has 2 rings (SSSR count). The summed E-state index contributed by atoms with van der Waals surface area (Å²) < 4.78 is 5.31. The zero-order valence-electron chi connectivity index (χ0n) is 13.1. The first-order valence-electron chi connectivity index (χ1n) is 7.61. The van der Waals surface area contributed by atoms with Gasteiger partial charge in [-0.05, 0) is 55.3 Å². The lowest BCUT2D eigenvalue weighted by Crippen LogP contribution is -2.11. The van der Waals surface area contributed by atoms with E-state index in [0.29, 0.717) is 0 Å². The summed E-state index contributed by atoms with van der Waals surface area (Å²) in [5, 5.41) is 4.59. The van der Waals surface area contributed by atoms with Crippen molar-refractivity contribution in [1.82, 2.24) is 10.3 Å². The first kappa shape index (κ1) is 15.4. The van der Waals surface area contributed by atoms with Crippen LogP contribution in [0.3, 0.4) is 0 Å². The van der Waals surface area contributed by atoms with Gasteiger partial charge in [0.15, 0.2) is 0 Å². The van der Waals surface area contributed by atoms with Crippen molar-refractivity contribution >= 4 is 10.9 Å². The molecule has 0 aliphatic carbocycles. The molecule has 0 fully saturated rings. The van der Waals surface area contributed by atoms with Crippen LogP contribution in [-0.4, -0.2) is 18.6 Å². The Labute approximate surface area is 127 Å². The predicted octanol–water partition coefficient (Wildman–Crippen LogP) is 4.08.